The highest BCUT2D eigenvalue weighted by Gasteiger charge is 2.20. The van der Waals surface area contributed by atoms with Gasteiger partial charge in [0.25, 0.3) is 5.56 Å². The maximum absolute atomic E-state index is 11.6. The number of hydrogen-bond donors (Lipinski definition) is 2. The van der Waals surface area contributed by atoms with Crippen LogP contribution in [0, 0.1) is 18.3 Å². The molecule has 0 aliphatic carbocycles. The molecule has 1 aromatic heterocycles. The number of nitrogens with zero attached hydrogens (tertiary/aromatic N) is 2. The second-order valence-electron chi connectivity index (χ2n) is 5.22. The van der Waals surface area contributed by atoms with E-state index in [1.54, 1.807) is 24.9 Å². The summed E-state index contributed by atoms with van der Waals surface area (Å²) in [5, 5.41) is 11.8. The molecule has 1 aliphatic heterocycles. The lowest BCUT2D eigenvalue weighted by Gasteiger charge is -2.27. The van der Waals surface area contributed by atoms with Crippen LogP contribution >= 0.6 is 0 Å². The minimum atomic E-state index is -0.381. The number of carbonyl (C=O) groups excluding carboxylic acids is 1. The number of aromatic nitrogens is 1. The maximum Gasteiger partial charge on any atom is 0.321 e. The standard InChI is InChI=1S/C16H14N4O2/c1-9-13(6-11(7-17)15(21)19-9)10-3-4-14-12(5-10)8-18-16(22)20(14)2/h3-6H,8H2,1-2H3,(H,18,22)(H,19,21). The summed E-state index contributed by atoms with van der Waals surface area (Å²) < 4.78 is 0. The molecule has 0 saturated carbocycles. The molecule has 0 saturated heterocycles. The Kier molecular flexibility index (Phi) is 3.18. The Balaban J connectivity index is 2.13. The van der Waals surface area contributed by atoms with Gasteiger partial charge in [-0.15, -0.1) is 0 Å². The first-order chi connectivity index (χ1) is 10.5. The average Bonchev–Trinajstić information content (AvgIpc) is 2.51. The molecule has 2 heterocycles. The van der Waals surface area contributed by atoms with E-state index in [1.165, 1.54) is 0 Å². The third kappa shape index (κ3) is 2.13. The van der Waals surface area contributed by atoms with Crippen molar-refractivity contribution in [3.63, 3.8) is 0 Å². The van der Waals surface area contributed by atoms with Crippen LogP contribution in [0.25, 0.3) is 11.1 Å². The number of fused-ring (bicyclic) bond motifs is 1. The Morgan fingerprint density at radius 1 is 1.27 bits per heavy atom. The molecule has 6 heteroatoms. The smallest absolute Gasteiger partial charge is 0.321 e. The van der Waals surface area contributed by atoms with Gasteiger partial charge in [0.05, 0.1) is 5.69 Å². The molecule has 0 spiro atoms. The van der Waals surface area contributed by atoms with Crippen molar-refractivity contribution in [3.8, 4) is 17.2 Å². The molecule has 0 unspecified atom stereocenters. The van der Waals surface area contributed by atoms with Gasteiger partial charge < -0.3 is 10.3 Å². The molecular weight excluding hydrogens is 280 g/mol. The molecule has 22 heavy (non-hydrogen) atoms. The lowest BCUT2D eigenvalue weighted by atomic mass is 9.98. The maximum atomic E-state index is 11.6. The number of anilines is 1. The molecule has 2 aromatic rings. The topological polar surface area (TPSA) is 89.0 Å². The normalized spacial score (nSPS) is 13.3. The number of pyridine rings is 1. The Morgan fingerprint density at radius 3 is 2.77 bits per heavy atom. The highest BCUT2D eigenvalue weighted by Crippen LogP contribution is 2.30. The molecule has 1 aromatic carbocycles. The fourth-order valence-corrected chi connectivity index (χ4v) is 2.63. The van der Waals surface area contributed by atoms with Crippen molar-refractivity contribution >= 4 is 11.7 Å². The van der Waals surface area contributed by atoms with E-state index in [9.17, 15) is 9.59 Å². The fourth-order valence-electron chi connectivity index (χ4n) is 2.63. The molecule has 0 radical (unpaired) electrons. The molecule has 0 fully saturated rings. The van der Waals surface area contributed by atoms with Crippen LogP contribution in [0.3, 0.4) is 0 Å². The predicted molar refractivity (Wildman–Crippen MR) is 82.6 cm³/mol. The highest BCUT2D eigenvalue weighted by molar-refractivity contribution is 5.94. The van der Waals surface area contributed by atoms with Crippen LogP contribution in [0.2, 0.25) is 0 Å². The second kappa shape index (κ2) is 5.04. The minimum absolute atomic E-state index is 0.0868. The summed E-state index contributed by atoms with van der Waals surface area (Å²) in [4.78, 5) is 27.5. The molecule has 1 aliphatic rings. The van der Waals surface area contributed by atoms with Gasteiger partial charge in [0, 0.05) is 24.8 Å². The van der Waals surface area contributed by atoms with Gasteiger partial charge in [-0.3, -0.25) is 9.69 Å². The van der Waals surface area contributed by atoms with E-state index in [1.807, 2.05) is 24.3 Å². The number of aromatic amines is 1. The number of amides is 2. The minimum Gasteiger partial charge on any atom is -0.334 e. The van der Waals surface area contributed by atoms with Crippen LogP contribution in [0.1, 0.15) is 16.8 Å². The Morgan fingerprint density at radius 2 is 2.05 bits per heavy atom. The summed E-state index contributed by atoms with van der Waals surface area (Å²) in [6, 6.07) is 9.09. The molecule has 2 N–H and O–H groups in total. The molecule has 6 nitrogen and oxygen atoms in total. The van der Waals surface area contributed by atoms with Crippen molar-refractivity contribution in [2.75, 3.05) is 11.9 Å². The van der Waals surface area contributed by atoms with Crippen molar-refractivity contribution < 1.29 is 4.79 Å². The van der Waals surface area contributed by atoms with Crippen molar-refractivity contribution in [3.05, 3.63) is 51.4 Å². The summed E-state index contributed by atoms with van der Waals surface area (Å²) in [6.45, 7) is 2.26. The van der Waals surface area contributed by atoms with E-state index in [-0.39, 0.29) is 17.2 Å². The number of nitriles is 1. The van der Waals surface area contributed by atoms with Crippen LogP contribution in [0.15, 0.2) is 29.1 Å². The predicted octanol–water partition coefficient (Wildman–Crippen LogP) is 1.88. The molecule has 110 valence electrons. The average molecular weight is 294 g/mol. The van der Waals surface area contributed by atoms with Crippen LogP contribution < -0.4 is 15.8 Å². The molecular formula is C16H14N4O2. The number of benzene rings is 1. The Hall–Kier alpha value is -3.07. The molecule has 2 amide bonds. The summed E-state index contributed by atoms with van der Waals surface area (Å²) in [6.07, 6.45) is 0. The SMILES string of the molecule is Cc1[nH]c(=O)c(C#N)cc1-c1ccc2c(c1)CNC(=O)N2C. The van der Waals surface area contributed by atoms with Crippen molar-refractivity contribution in [2.24, 2.45) is 0 Å². The molecule has 0 bridgehead atoms. The Labute approximate surface area is 127 Å². The van der Waals surface area contributed by atoms with Gasteiger partial charge in [-0.05, 0) is 36.2 Å². The zero-order valence-corrected chi connectivity index (χ0v) is 12.2. The van der Waals surface area contributed by atoms with Gasteiger partial charge in [-0.2, -0.15) is 5.26 Å². The van der Waals surface area contributed by atoms with Crippen LogP contribution in [0.4, 0.5) is 10.5 Å². The first-order valence-electron chi connectivity index (χ1n) is 6.80. The van der Waals surface area contributed by atoms with Crippen molar-refractivity contribution in [1.82, 2.24) is 10.3 Å². The van der Waals surface area contributed by atoms with Gasteiger partial charge in [0.2, 0.25) is 0 Å². The van der Waals surface area contributed by atoms with Crippen LogP contribution in [0.5, 0.6) is 0 Å². The summed E-state index contributed by atoms with van der Waals surface area (Å²) >= 11 is 0. The third-order valence-electron chi connectivity index (χ3n) is 3.85. The van der Waals surface area contributed by atoms with E-state index < -0.39 is 0 Å². The largest absolute Gasteiger partial charge is 0.334 e. The lowest BCUT2D eigenvalue weighted by molar-refractivity contribution is 0.246. The number of rotatable bonds is 1. The van der Waals surface area contributed by atoms with Gasteiger partial charge in [-0.25, -0.2) is 4.79 Å². The lowest BCUT2D eigenvalue weighted by Crippen LogP contribution is -2.41. The van der Waals surface area contributed by atoms with E-state index in [0.717, 1.165) is 22.4 Å². The number of aryl methyl sites for hydroxylation is 1. The van der Waals surface area contributed by atoms with Gasteiger partial charge in [0.15, 0.2) is 0 Å². The zero-order valence-electron chi connectivity index (χ0n) is 12.2. The molecule has 3 rings (SSSR count). The van der Waals surface area contributed by atoms with Gasteiger partial charge >= 0.3 is 6.03 Å². The Bertz CT molecular complexity index is 877. The van der Waals surface area contributed by atoms with Gasteiger partial charge in [-0.1, -0.05) is 6.07 Å². The van der Waals surface area contributed by atoms with E-state index in [2.05, 4.69) is 10.3 Å². The fraction of sp³-hybridized carbons (Fsp3) is 0.188. The van der Waals surface area contributed by atoms with E-state index in [0.29, 0.717) is 12.2 Å². The van der Waals surface area contributed by atoms with Gasteiger partial charge in [0.1, 0.15) is 11.6 Å². The number of carbonyl (C=O) groups is 1. The number of urea groups is 1. The third-order valence-corrected chi connectivity index (χ3v) is 3.85. The number of H-pyrrole nitrogens is 1. The van der Waals surface area contributed by atoms with Crippen molar-refractivity contribution in [2.45, 2.75) is 13.5 Å². The van der Waals surface area contributed by atoms with E-state index >= 15 is 0 Å². The van der Waals surface area contributed by atoms with Crippen molar-refractivity contribution in [1.29, 1.82) is 5.26 Å². The quantitative estimate of drug-likeness (QED) is 0.841. The summed E-state index contributed by atoms with van der Waals surface area (Å²) in [5.41, 5.74) is 3.96. The summed E-state index contributed by atoms with van der Waals surface area (Å²) in [5.74, 6) is 0. The summed E-state index contributed by atoms with van der Waals surface area (Å²) in [7, 11) is 1.71. The monoisotopic (exact) mass is 294 g/mol. The second-order valence-corrected chi connectivity index (χ2v) is 5.22. The van der Waals surface area contributed by atoms with Crippen LogP contribution in [-0.2, 0) is 6.54 Å². The number of hydrogen-bond acceptors (Lipinski definition) is 3. The first-order valence-corrected chi connectivity index (χ1v) is 6.80. The highest BCUT2D eigenvalue weighted by atomic mass is 16.2. The van der Waals surface area contributed by atoms with E-state index in [4.69, 9.17) is 5.26 Å². The zero-order chi connectivity index (χ0) is 15.9. The number of nitrogens with one attached hydrogen (secondary N) is 2. The first kappa shape index (κ1) is 13.9. The van der Waals surface area contributed by atoms with Crippen LogP contribution in [-0.4, -0.2) is 18.1 Å². The molecule has 0 atom stereocenters.